The van der Waals surface area contributed by atoms with Crippen LogP contribution in [0.3, 0.4) is 0 Å². The van der Waals surface area contributed by atoms with E-state index in [4.69, 9.17) is 4.74 Å². The molecule has 0 fully saturated rings. The van der Waals surface area contributed by atoms with Gasteiger partial charge >= 0.3 is 0 Å². The zero-order valence-electron chi connectivity index (χ0n) is 12.0. The predicted molar refractivity (Wildman–Crippen MR) is 77.6 cm³/mol. The number of methoxy groups -OCH3 is 1. The molecule has 3 rings (SSSR count). The molecule has 0 bridgehead atoms. The third-order valence-corrected chi connectivity index (χ3v) is 4.02. The largest absolute Gasteiger partial charge is 0.497 e. The first-order valence-corrected chi connectivity index (χ1v) is 6.96. The van der Waals surface area contributed by atoms with E-state index in [0.29, 0.717) is 11.1 Å². The highest BCUT2D eigenvalue weighted by molar-refractivity contribution is 5.44. The van der Waals surface area contributed by atoms with E-state index in [-0.39, 0.29) is 6.04 Å². The summed E-state index contributed by atoms with van der Waals surface area (Å²) in [5.74, 6) is -0.831. The topological polar surface area (TPSA) is 21.3 Å². The van der Waals surface area contributed by atoms with Gasteiger partial charge in [-0.05, 0) is 42.2 Å². The molecule has 0 saturated heterocycles. The van der Waals surface area contributed by atoms with Gasteiger partial charge in [-0.15, -0.1) is 0 Å². The highest BCUT2D eigenvalue weighted by Crippen LogP contribution is 2.33. The van der Waals surface area contributed by atoms with Crippen molar-refractivity contribution in [3.63, 3.8) is 0 Å². The first-order valence-electron chi connectivity index (χ1n) is 6.96. The molecule has 0 saturated carbocycles. The minimum Gasteiger partial charge on any atom is -0.497 e. The average Bonchev–Trinajstić information content (AvgIpc) is 2.52. The van der Waals surface area contributed by atoms with Crippen LogP contribution < -0.4 is 10.1 Å². The van der Waals surface area contributed by atoms with E-state index in [1.165, 1.54) is 0 Å². The Hall–Kier alpha value is -1.94. The molecule has 1 unspecified atom stereocenters. The monoisotopic (exact) mass is 289 g/mol. The summed E-state index contributed by atoms with van der Waals surface area (Å²) in [6, 6.07) is 8.70. The van der Waals surface area contributed by atoms with Crippen LogP contribution in [0, 0.1) is 18.6 Å². The van der Waals surface area contributed by atoms with Crippen LogP contribution in [0.1, 0.15) is 28.3 Å². The Bertz CT molecular complexity index is 685. The molecule has 0 spiro atoms. The molecule has 0 radical (unpaired) electrons. The van der Waals surface area contributed by atoms with Crippen molar-refractivity contribution in [3.05, 3.63) is 64.2 Å². The summed E-state index contributed by atoms with van der Waals surface area (Å²) >= 11 is 0. The lowest BCUT2D eigenvalue weighted by Crippen LogP contribution is -2.31. The van der Waals surface area contributed by atoms with Crippen molar-refractivity contribution in [1.29, 1.82) is 0 Å². The van der Waals surface area contributed by atoms with Gasteiger partial charge in [0.25, 0.3) is 0 Å². The number of hydrogen-bond acceptors (Lipinski definition) is 2. The molecular formula is C17H17F2NO. The van der Waals surface area contributed by atoms with Crippen molar-refractivity contribution in [2.24, 2.45) is 0 Å². The minimum absolute atomic E-state index is 0.318. The molecule has 0 aliphatic carbocycles. The quantitative estimate of drug-likeness (QED) is 0.913. The van der Waals surface area contributed by atoms with E-state index >= 15 is 0 Å². The van der Waals surface area contributed by atoms with Crippen molar-refractivity contribution >= 4 is 0 Å². The molecule has 1 heterocycles. The van der Waals surface area contributed by atoms with E-state index in [2.05, 4.69) is 5.32 Å². The second-order valence-corrected chi connectivity index (χ2v) is 5.30. The molecule has 1 N–H and O–H groups in total. The number of benzene rings is 2. The summed E-state index contributed by atoms with van der Waals surface area (Å²) in [6.07, 6.45) is 0.867. The fraction of sp³-hybridized carbons (Fsp3) is 0.294. The van der Waals surface area contributed by atoms with E-state index < -0.39 is 11.6 Å². The summed E-state index contributed by atoms with van der Waals surface area (Å²) in [7, 11) is 1.60. The van der Waals surface area contributed by atoms with Crippen LogP contribution in [-0.2, 0) is 6.42 Å². The number of fused-ring (bicyclic) bond motifs is 1. The van der Waals surface area contributed by atoms with Crippen molar-refractivity contribution in [1.82, 2.24) is 5.32 Å². The normalized spacial score (nSPS) is 17.4. The fourth-order valence-electron chi connectivity index (χ4n) is 2.82. The maximum absolute atomic E-state index is 14.3. The summed E-state index contributed by atoms with van der Waals surface area (Å²) in [5.41, 5.74) is 2.74. The Balaban J connectivity index is 2.12. The van der Waals surface area contributed by atoms with Crippen LogP contribution in [0.15, 0.2) is 30.3 Å². The highest BCUT2D eigenvalue weighted by Gasteiger charge is 2.26. The van der Waals surface area contributed by atoms with Crippen LogP contribution in [0.25, 0.3) is 0 Å². The summed E-state index contributed by atoms with van der Waals surface area (Å²) in [4.78, 5) is 0. The Kier molecular flexibility index (Phi) is 3.64. The fourth-order valence-corrected chi connectivity index (χ4v) is 2.82. The van der Waals surface area contributed by atoms with Crippen LogP contribution in [0.5, 0.6) is 5.75 Å². The smallest absolute Gasteiger partial charge is 0.164 e. The van der Waals surface area contributed by atoms with Crippen molar-refractivity contribution in [2.75, 3.05) is 13.7 Å². The van der Waals surface area contributed by atoms with Gasteiger partial charge in [-0.2, -0.15) is 0 Å². The molecule has 2 aromatic rings. The molecule has 0 aromatic heterocycles. The Morgan fingerprint density at radius 1 is 1.10 bits per heavy atom. The number of hydrogen-bond donors (Lipinski definition) is 1. The molecule has 1 atom stereocenters. The number of aryl methyl sites for hydroxylation is 1. The molecule has 21 heavy (non-hydrogen) atoms. The average molecular weight is 289 g/mol. The van der Waals surface area contributed by atoms with E-state index in [1.54, 1.807) is 26.2 Å². The SMILES string of the molecule is COc1ccc2c(c1)C(c1ccc(C)c(F)c1F)NCC2. The minimum atomic E-state index is -0.775. The van der Waals surface area contributed by atoms with Gasteiger partial charge in [0.2, 0.25) is 0 Å². The van der Waals surface area contributed by atoms with Crippen molar-refractivity contribution < 1.29 is 13.5 Å². The molecule has 4 heteroatoms. The molecule has 1 aliphatic heterocycles. The van der Waals surface area contributed by atoms with Gasteiger partial charge in [0.1, 0.15) is 5.75 Å². The predicted octanol–water partition coefficient (Wildman–Crippen LogP) is 3.52. The van der Waals surface area contributed by atoms with Crippen LogP contribution >= 0.6 is 0 Å². The Labute approximate surface area is 122 Å². The molecular weight excluding hydrogens is 272 g/mol. The summed E-state index contributed by atoms with van der Waals surface area (Å²) < 4.78 is 33.4. The van der Waals surface area contributed by atoms with Crippen LogP contribution in [-0.4, -0.2) is 13.7 Å². The van der Waals surface area contributed by atoms with Crippen molar-refractivity contribution in [2.45, 2.75) is 19.4 Å². The standard InChI is InChI=1S/C17H17F2NO/c1-10-3-6-13(16(19)15(10)18)17-14-9-12(21-2)5-4-11(14)7-8-20-17/h3-6,9,17,20H,7-8H2,1-2H3. The molecule has 2 nitrogen and oxygen atoms in total. The number of nitrogens with one attached hydrogen (secondary N) is 1. The van der Waals surface area contributed by atoms with Gasteiger partial charge in [0.05, 0.1) is 13.2 Å². The zero-order chi connectivity index (χ0) is 15.0. The summed E-state index contributed by atoms with van der Waals surface area (Å²) in [6.45, 7) is 2.30. The number of halogens is 2. The lowest BCUT2D eigenvalue weighted by molar-refractivity contribution is 0.412. The highest BCUT2D eigenvalue weighted by atomic mass is 19.2. The zero-order valence-corrected chi connectivity index (χ0v) is 12.0. The Morgan fingerprint density at radius 3 is 2.67 bits per heavy atom. The number of rotatable bonds is 2. The third-order valence-electron chi connectivity index (χ3n) is 4.02. The third kappa shape index (κ3) is 2.40. The van der Waals surface area contributed by atoms with Gasteiger partial charge in [-0.3, -0.25) is 0 Å². The lowest BCUT2D eigenvalue weighted by atomic mass is 9.89. The van der Waals surface area contributed by atoms with Gasteiger partial charge in [0.15, 0.2) is 11.6 Å². The first-order chi connectivity index (χ1) is 10.1. The van der Waals surface area contributed by atoms with E-state index in [9.17, 15) is 8.78 Å². The molecule has 1 aliphatic rings. The molecule has 110 valence electrons. The molecule has 0 amide bonds. The maximum Gasteiger partial charge on any atom is 0.164 e. The molecule has 2 aromatic carbocycles. The van der Waals surface area contributed by atoms with Crippen molar-refractivity contribution in [3.8, 4) is 5.75 Å². The number of ether oxygens (including phenoxy) is 1. The van der Waals surface area contributed by atoms with Gasteiger partial charge in [-0.25, -0.2) is 8.78 Å². The summed E-state index contributed by atoms with van der Waals surface area (Å²) in [5, 5.41) is 3.27. The second kappa shape index (κ2) is 5.45. The Morgan fingerprint density at radius 2 is 1.90 bits per heavy atom. The van der Waals surface area contributed by atoms with Crippen LogP contribution in [0.4, 0.5) is 8.78 Å². The first kappa shape index (κ1) is 14.0. The van der Waals surface area contributed by atoms with Gasteiger partial charge in [-0.1, -0.05) is 18.2 Å². The lowest BCUT2D eigenvalue weighted by Gasteiger charge is -2.28. The van der Waals surface area contributed by atoms with Crippen LogP contribution in [0.2, 0.25) is 0 Å². The van der Waals surface area contributed by atoms with E-state index in [1.807, 2.05) is 18.2 Å². The van der Waals surface area contributed by atoms with Gasteiger partial charge in [0, 0.05) is 12.1 Å². The second-order valence-electron chi connectivity index (χ2n) is 5.30. The maximum atomic E-state index is 14.3. The van der Waals surface area contributed by atoms with E-state index in [0.717, 1.165) is 29.8 Å². The van der Waals surface area contributed by atoms with Gasteiger partial charge < -0.3 is 10.1 Å².